The Bertz CT molecular complexity index is 1040. The molecule has 3 rings (SSSR count). The van der Waals surface area contributed by atoms with Crippen molar-refractivity contribution in [3.63, 3.8) is 0 Å². The van der Waals surface area contributed by atoms with Crippen molar-refractivity contribution in [2.75, 3.05) is 17.2 Å². The van der Waals surface area contributed by atoms with E-state index in [-0.39, 0.29) is 24.1 Å². The summed E-state index contributed by atoms with van der Waals surface area (Å²) in [5.41, 5.74) is 4.58. The Morgan fingerprint density at radius 3 is 2.28 bits per heavy atom. The van der Waals surface area contributed by atoms with Crippen LogP contribution < -0.4 is 10.6 Å². The van der Waals surface area contributed by atoms with Gasteiger partial charge < -0.3 is 10.6 Å². The molecule has 1 aliphatic rings. The Morgan fingerprint density at radius 2 is 1.69 bits per heavy atom. The molecule has 0 bridgehead atoms. The number of benzene rings is 2. The molecule has 6 nitrogen and oxygen atoms in total. The number of hydrogen-bond donors (Lipinski definition) is 2. The standard InChI is InChI=1S/C23H23N3O3/c1-5-12-26-22(28)20(19-11-6-14(2)13-15(19)3)21(23(26)29)25-18-9-7-17(8-10-18)24-16(4)27/h5-11,13,25H,1,12H2,2-4H3,(H,24,27). The van der Waals surface area contributed by atoms with Crippen molar-refractivity contribution >= 4 is 34.7 Å². The minimum Gasteiger partial charge on any atom is -0.350 e. The highest BCUT2D eigenvalue weighted by molar-refractivity contribution is 6.36. The number of imide groups is 1. The average Bonchev–Trinajstić information content (AvgIpc) is 2.88. The molecule has 2 aromatic carbocycles. The largest absolute Gasteiger partial charge is 0.350 e. The highest BCUT2D eigenvalue weighted by atomic mass is 16.2. The van der Waals surface area contributed by atoms with Crippen LogP contribution in [0.5, 0.6) is 0 Å². The summed E-state index contributed by atoms with van der Waals surface area (Å²) < 4.78 is 0. The fraction of sp³-hybridized carbons (Fsp3) is 0.174. The minimum atomic E-state index is -0.393. The van der Waals surface area contributed by atoms with Gasteiger partial charge in [-0.25, -0.2) is 0 Å². The van der Waals surface area contributed by atoms with Crippen LogP contribution in [0.2, 0.25) is 0 Å². The van der Waals surface area contributed by atoms with E-state index in [4.69, 9.17) is 0 Å². The van der Waals surface area contributed by atoms with Crippen molar-refractivity contribution < 1.29 is 14.4 Å². The normalized spacial score (nSPS) is 13.7. The summed E-state index contributed by atoms with van der Waals surface area (Å²) in [4.78, 5) is 38.4. The third-order valence-electron chi connectivity index (χ3n) is 4.61. The second-order valence-electron chi connectivity index (χ2n) is 6.96. The summed E-state index contributed by atoms with van der Waals surface area (Å²) in [6.07, 6.45) is 1.53. The SMILES string of the molecule is C=CCN1C(=O)C(Nc2ccc(NC(C)=O)cc2)=C(c2ccc(C)cc2C)C1=O. The summed E-state index contributed by atoms with van der Waals surface area (Å²) in [5, 5.41) is 5.79. The second-order valence-corrected chi connectivity index (χ2v) is 6.96. The van der Waals surface area contributed by atoms with Crippen LogP contribution >= 0.6 is 0 Å². The number of carbonyl (C=O) groups is 3. The molecule has 0 aromatic heterocycles. The quantitative estimate of drug-likeness (QED) is 0.584. The average molecular weight is 389 g/mol. The van der Waals surface area contributed by atoms with Gasteiger partial charge in [0.25, 0.3) is 11.8 Å². The summed E-state index contributed by atoms with van der Waals surface area (Å²) in [6.45, 7) is 9.11. The number of nitrogens with zero attached hydrogens (tertiary/aromatic N) is 1. The van der Waals surface area contributed by atoms with Crippen LogP contribution in [-0.2, 0) is 14.4 Å². The van der Waals surface area contributed by atoms with Crippen molar-refractivity contribution in [3.05, 3.63) is 77.5 Å². The number of aryl methyl sites for hydroxylation is 2. The molecule has 0 saturated heterocycles. The highest BCUT2D eigenvalue weighted by Crippen LogP contribution is 2.32. The molecule has 0 saturated carbocycles. The van der Waals surface area contributed by atoms with Crippen LogP contribution in [0.1, 0.15) is 23.6 Å². The number of nitrogens with one attached hydrogen (secondary N) is 2. The highest BCUT2D eigenvalue weighted by Gasteiger charge is 2.39. The number of hydrogen-bond acceptors (Lipinski definition) is 4. The number of carbonyl (C=O) groups excluding carboxylic acids is 3. The lowest BCUT2D eigenvalue weighted by molar-refractivity contribution is -0.136. The minimum absolute atomic E-state index is 0.138. The maximum atomic E-state index is 13.0. The fourth-order valence-corrected chi connectivity index (χ4v) is 3.32. The molecule has 1 heterocycles. The molecule has 0 spiro atoms. The molecule has 1 aliphatic heterocycles. The van der Waals surface area contributed by atoms with Gasteiger partial charge in [-0.1, -0.05) is 29.8 Å². The van der Waals surface area contributed by atoms with Gasteiger partial charge in [-0.2, -0.15) is 0 Å². The smallest absolute Gasteiger partial charge is 0.278 e. The molecule has 0 aliphatic carbocycles. The molecule has 2 N–H and O–H groups in total. The van der Waals surface area contributed by atoms with E-state index in [1.807, 2.05) is 32.0 Å². The molecular weight excluding hydrogens is 366 g/mol. The Morgan fingerprint density at radius 1 is 1.03 bits per heavy atom. The molecule has 0 unspecified atom stereocenters. The molecular formula is C23H23N3O3. The molecule has 148 valence electrons. The van der Waals surface area contributed by atoms with Crippen molar-refractivity contribution in [1.82, 2.24) is 4.90 Å². The summed E-state index contributed by atoms with van der Waals surface area (Å²) in [6, 6.07) is 12.7. The van der Waals surface area contributed by atoms with Gasteiger partial charge >= 0.3 is 0 Å². The van der Waals surface area contributed by atoms with Gasteiger partial charge in [0.2, 0.25) is 5.91 Å². The van der Waals surface area contributed by atoms with E-state index in [1.165, 1.54) is 17.9 Å². The zero-order chi connectivity index (χ0) is 21.1. The van der Waals surface area contributed by atoms with E-state index >= 15 is 0 Å². The van der Waals surface area contributed by atoms with Crippen molar-refractivity contribution in [1.29, 1.82) is 0 Å². The number of amides is 3. The van der Waals surface area contributed by atoms with Crippen molar-refractivity contribution in [2.24, 2.45) is 0 Å². The molecule has 0 radical (unpaired) electrons. The zero-order valence-electron chi connectivity index (χ0n) is 16.7. The lowest BCUT2D eigenvalue weighted by Gasteiger charge is -2.12. The first-order valence-electron chi connectivity index (χ1n) is 9.25. The van der Waals surface area contributed by atoms with Gasteiger partial charge in [-0.05, 0) is 49.2 Å². The lowest BCUT2D eigenvalue weighted by Crippen LogP contribution is -2.32. The van der Waals surface area contributed by atoms with Gasteiger partial charge in [0, 0.05) is 24.8 Å². The van der Waals surface area contributed by atoms with Gasteiger partial charge in [0.15, 0.2) is 0 Å². The molecule has 29 heavy (non-hydrogen) atoms. The maximum Gasteiger partial charge on any atom is 0.278 e. The van der Waals surface area contributed by atoms with Gasteiger partial charge in [-0.3, -0.25) is 19.3 Å². The van der Waals surface area contributed by atoms with Crippen LogP contribution in [0.4, 0.5) is 11.4 Å². The molecule has 6 heteroatoms. The van der Waals surface area contributed by atoms with E-state index in [0.29, 0.717) is 16.9 Å². The van der Waals surface area contributed by atoms with Gasteiger partial charge in [0.05, 0.1) is 5.57 Å². The predicted octanol–water partition coefficient (Wildman–Crippen LogP) is 3.64. The third-order valence-corrected chi connectivity index (χ3v) is 4.61. The van der Waals surface area contributed by atoms with E-state index in [2.05, 4.69) is 17.2 Å². The van der Waals surface area contributed by atoms with E-state index < -0.39 is 5.91 Å². The predicted molar refractivity (Wildman–Crippen MR) is 114 cm³/mol. The van der Waals surface area contributed by atoms with Crippen LogP contribution in [-0.4, -0.2) is 29.2 Å². The van der Waals surface area contributed by atoms with Crippen molar-refractivity contribution in [3.8, 4) is 0 Å². The molecule has 3 amide bonds. The van der Waals surface area contributed by atoms with Gasteiger partial charge in [0.1, 0.15) is 5.70 Å². The summed E-state index contributed by atoms with van der Waals surface area (Å²) in [5.74, 6) is -0.905. The summed E-state index contributed by atoms with van der Waals surface area (Å²) in [7, 11) is 0. The van der Waals surface area contributed by atoms with E-state index in [0.717, 1.165) is 16.7 Å². The Balaban J connectivity index is 2.03. The van der Waals surface area contributed by atoms with Gasteiger partial charge in [-0.15, -0.1) is 6.58 Å². The number of rotatable bonds is 6. The van der Waals surface area contributed by atoms with Crippen LogP contribution in [0.15, 0.2) is 60.8 Å². The maximum absolute atomic E-state index is 13.0. The van der Waals surface area contributed by atoms with E-state index in [1.54, 1.807) is 24.3 Å². The summed E-state index contributed by atoms with van der Waals surface area (Å²) >= 11 is 0. The third kappa shape index (κ3) is 4.11. The van der Waals surface area contributed by atoms with E-state index in [9.17, 15) is 14.4 Å². The topological polar surface area (TPSA) is 78.5 Å². The molecule has 0 atom stereocenters. The first-order valence-corrected chi connectivity index (χ1v) is 9.25. The Labute approximate surface area is 169 Å². The Hall–Kier alpha value is -3.67. The second kappa shape index (κ2) is 8.14. The monoisotopic (exact) mass is 389 g/mol. The van der Waals surface area contributed by atoms with Crippen molar-refractivity contribution in [2.45, 2.75) is 20.8 Å². The van der Waals surface area contributed by atoms with Crippen LogP contribution in [0.25, 0.3) is 5.57 Å². The lowest BCUT2D eigenvalue weighted by atomic mass is 9.97. The van der Waals surface area contributed by atoms with Crippen LogP contribution in [0.3, 0.4) is 0 Å². The molecule has 2 aromatic rings. The molecule has 0 fully saturated rings. The fourth-order valence-electron chi connectivity index (χ4n) is 3.32. The number of anilines is 2. The van der Waals surface area contributed by atoms with Crippen LogP contribution in [0, 0.1) is 13.8 Å². The first kappa shape index (κ1) is 20.1. The zero-order valence-corrected chi connectivity index (χ0v) is 16.7. The first-order chi connectivity index (χ1) is 13.8. The Kier molecular flexibility index (Phi) is 5.64.